The second-order valence-electron chi connectivity index (χ2n) is 3.23. The van der Waals surface area contributed by atoms with Crippen molar-refractivity contribution in [3.05, 3.63) is 0 Å². The van der Waals surface area contributed by atoms with E-state index >= 15 is 0 Å². The second-order valence-corrected chi connectivity index (χ2v) is 3.23. The number of halogens is 1. The van der Waals surface area contributed by atoms with E-state index in [1.54, 1.807) is 0 Å². The molecular weight excluding hydrogens is 280 g/mol. The fourth-order valence-corrected chi connectivity index (χ4v) is 0.474. The fourth-order valence-electron chi connectivity index (χ4n) is 0.474. The van der Waals surface area contributed by atoms with Crippen LogP contribution in [0.4, 0.5) is 0 Å². The monoisotopic (exact) mass is 309 g/mol. The van der Waals surface area contributed by atoms with Gasteiger partial charge in [0.2, 0.25) is 0 Å². The number of aliphatic hydroxyl groups is 3. The standard InChI is InChI=1S/3C4H10O.ClH.Cr/c3*1-2-3-4-5;;/h3*5H,2-4H2,1H3;1H;/p-1. The van der Waals surface area contributed by atoms with E-state index in [1.807, 2.05) is 0 Å². The van der Waals surface area contributed by atoms with E-state index in [2.05, 4.69) is 20.8 Å². The molecule has 0 amide bonds. The van der Waals surface area contributed by atoms with Crippen molar-refractivity contribution in [2.24, 2.45) is 0 Å². The summed E-state index contributed by atoms with van der Waals surface area (Å²) in [5, 5.41) is 24.2. The molecule has 0 radical (unpaired) electrons. The topological polar surface area (TPSA) is 60.7 Å². The van der Waals surface area contributed by atoms with Crippen LogP contribution in [0.3, 0.4) is 0 Å². The van der Waals surface area contributed by atoms with Gasteiger partial charge in [0.05, 0.1) is 0 Å². The Bertz CT molecular complexity index is 58.5. The van der Waals surface area contributed by atoms with Crippen LogP contribution in [-0.4, -0.2) is 35.1 Å². The maximum absolute atomic E-state index is 8.07. The predicted molar refractivity (Wildman–Crippen MR) is 66.0 cm³/mol. The Morgan fingerprint density at radius 3 is 0.765 bits per heavy atom. The van der Waals surface area contributed by atoms with Gasteiger partial charge in [-0.25, -0.2) is 0 Å². The molecule has 0 aliphatic rings. The van der Waals surface area contributed by atoms with Gasteiger partial charge in [-0.1, -0.05) is 40.0 Å². The molecule has 3 N–H and O–H groups in total. The van der Waals surface area contributed by atoms with Gasteiger partial charge in [-0.05, 0) is 19.3 Å². The maximum Gasteiger partial charge on any atom is 0.0430 e. The van der Waals surface area contributed by atoms with Crippen molar-refractivity contribution in [2.45, 2.75) is 59.3 Å². The Labute approximate surface area is 124 Å². The van der Waals surface area contributed by atoms with Crippen LogP contribution < -0.4 is 12.4 Å². The first-order valence-electron chi connectivity index (χ1n) is 6.07. The summed E-state index contributed by atoms with van der Waals surface area (Å²) in [5.41, 5.74) is 0. The normalized spacial score (nSPS) is 7.41. The summed E-state index contributed by atoms with van der Waals surface area (Å²) in [4.78, 5) is 0. The molecule has 0 unspecified atom stereocenters. The fraction of sp³-hybridized carbons (Fsp3) is 1.00. The first-order chi connectivity index (χ1) is 7.24. The molecule has 0 aromatic heterocycles. The smallest absolute Gasteiger partial charge is 0.0430 e. The molecule has 17 heavy (non-hydrogen) atoms. The van der Waals surface area contributed by atoms with E-state index < -0.39 is 0 Å². The summed E-state index contributed by atoms with van der Waals surface area (Å²) in [7, 11) is 0. The summed E-state index contributed by atoms with van der Waals surface area (Å²) in [6.45, 7) is 7.19. The van der Waals surface area contributed by atoms with Gasteiger partial charge in [0.15, 0.2) is 0 Å². The molecule has 110 valence electrons. The number of hydrogen-bond acceptors (Lipinski definition) is 3. The molecule has 0 aliphatic heterocycles. The van der Waals surface area contributed by atoms with Gasteiger partial charge in [-0.3, -0.25) is 0 Å². The maximum atomic E-state index is 8.07. The largest absolute Gasteiger partial charge is 1.00 e. The molecule has 0 spiro atoms. The quantitative estimate of drug-likeness (QED) is 0.610. The predicted octanol–water partition coefficient (Wildman–Crippen LogP) is -0.662. The Kier molecular flexibility index (Phi) is 78.8. The molecule has 0 aliphatic carbocycles. The van der Waals surface area contributed by atoms with Gasteiger partial charge in [0.1, 0.15) is 0 Å². The minimum Gasteiger partial charge on any atom is -1.00 e. The van der Waals surface area contributed by atoms with Crippen LogP contribution in [0.2, 0.25) is 0 Å². The van der Waals surface area contributed by atoms with E-state index in [1.165, 1.54) is 0 Å². The van der Waals surface area contributed by atoms with Gasteiger partial charge < -0.3 is 27.7 Å². The zero-order valence-electron chi connectivity index (χ0n) is 11.5. The van der Waals surface area contributed by atoms with Crippen LogP contribution >= 0.6 is 0 Å². The van der Waals surface area contributed by atoms with Gasteiger partial charge in [0, 0.05) is 37.2 Å². The third kappa shape index (κ3) is 80.4. The zero-order valence-corrected chi connectivity index (χ0v) is 13.5. The summed E-state index contributed by atoms with van der Waals surface area (Å²) in [6, 6.07) is 0. The van der Waals surface area contributed by atoms with Crippen LogP contribution in [0.25, 0.3) is 0 Å². The van der Waals surface area contributed by atoms with E-state index in [9.17, 15) is 0 Å². The second kappa shape index (κ2) is 43.7. The van der Waals surface area contributed by atoms with E-state index in [0.717, 1.165) is 38.5 Å². The van der Waals surface area contributed by atoms with E-state index in [-0.39, 0.29) is 29.8 Å². The Morgan fingerprint density at radius 2 is 0.765 bits per heavy atom. The molecule has 5 heteroatoms. The molecule has 3 nitrogen and oxygen atoms in total. The van der Waals surface area contributed by atoms with Gasteiger partial charge in [-0.2, -0.15) is 0 Å². The molecule has 0 atom stereocenters. The molecule has 0 aromatic carbocycles. The first kappa shape index (κ1) is 30.6. The SMILES string of the molecule is CCCCO.CCCCO.CCCCO.[Cl-].[Cr]. The average molecular weight is 310 g/mol. The van der Waals surface area contributed by atoms with Crippen molar-refractivity contribution in [1.82, 2.24) is 0 Å². The van der Waals surface area contributed by atoms with E-state index in [4.69, 9.17) is 15.3 Å². The molecule has 0 fully saturated rings. The molecule has 0 heterocycles. The number of rotatable bonds is 6. The molecule has 0 saturated heterocycles. The summed E-state index contributed by atoms with van der Waals surface area (Å²) < 4.78 is 0. The summed E-state index contributed by atoms with van der Waals surface area (Å²) in [5.74, 6) is 0. The van der Waals surface area contributed by atoms with Gasteiger partial charge in [0.25, 0.3) is 0 Å². The van der Waals surface area contributed by atoms with E-state index in [0.29, 0.717) is 19.8 Å². The van der Waals surface area contributed by atoms with Crippen LogP contribution in [0, 0.1) is 0 Å². The Balaban J connectivity index is -0.0000000400. The molecule has 0 rings (SSSR count). The Hall–Kier alpha value is 0.702. The van der Waals surface area contributed by atoms with Crippen molar-refractivity contribution < 1.29 is 45.1 Å². The third-order valence-electron chi connectivity index (χ3n) is 1.54. The van der Waals surface area contributed by atoms with Crippen LogP contribution in [0.5, 0.6) is 0 Å². The minimum absolute atomic E-state index is 0. The van der Waals surface area contributed by atoms with Crippen molar-refractivity contribution in [3.8, 4) is 0 Å². The zero-order chi connectivity index (χ0) is 12.4. The molecular formula is C12H30ClCrO3-. The number of unbranched alkanes of at least 4 members (excludes halogenated alkanes) is 3. The van der Waals surface area contributed by atoms with Crippen molar-refractivity contribution in [3.63, 3.8) is 0 Å². The minimum atomic E-state index is 0. The van der Waals surface area contributed by atoms with Crippen molar-refractivity contribution >= 4 is 0 Å². The third-order valence-corrected chi connectivity index (χ3v) is 1.54. The van der Waals surface area contributed by atoms with Crippen molar-refractivity contribution in [2.75, 3.05) is 19.8 Å². The molecule has 0 saturated carbocycles. The van der Waals surface area contributed by atoms with Crippen LogP contribution in [-0.2, 0) is 17.4 Å². The van der Waals surface area contributed by atoms with Crippen LogP contribution in [0.15, 0.2) is 0 Å². The number of aliphatic hydroxyl groups excluding tert-OH is 3. The summed E-state index contributed by atoms with van der Waals surface area (Å²) in [6.07, 6.45) is 6.11. The van der Waals surface area contributed by atoms with Gasteiger partial charge in [-0.15, -0.1) is 0 Å². The first-order valence-corrected chi connectivity index (χ1v) is 6.07. The average Bonchev–Trinajstić information content (AvgIpc) is 2.23. The summed E-state index contributed by atoms with van der Waals surface area (Å²) >= 11 is 0. The van der Waals surface area contributed by atoms with Crippen LogP contribution in [0.1, 0.15) is 59.3 Å². The van der Waals surface area contributed by atoms with Crippen molar-refractivity contribution in [1.29, 1.82) is 0 Å². The molecule has 0 aromatic rings. The Morgan fingerprint density at radius 1 is 0.588 bits per heavy atom. The molecule has 0 bridgehead atoms. The van der Waals surface area contributed by atoms with Gasteiger partial charge >= 0.3 is 0 Å². The number of hydrogen-bond donors (Lipinski definition) is 3.